The average Bonchev–Trinajstić information content (AvgIpc) is 3.29. The first-order chi connectivity index (χ1) is 11.2. The van der Waals surface area contributed by atoms with Crippen LogP contribution >= 0.6 is 0 Å². The molecule has 0 spiro atoms. The zero-order chi connectivity index (χ0) is 15.8. The molecule has 1 aliphatic rings. The summed E-state index contributed by atoms with van der Waals surface area (Å²) in [6.45, 7) is 2.04. The van der Waals surface area contributed by atoms with Crippen LogP contribution in [0.15, 0.2) is 36.5 Å². The number of rotatable bonds is 4. The molecule has 0 atom stereocenters. The quantitative estimate of drug-likeness (QED) is 0.802. The van der Waals surface area contributed by atoms with Crippen LogP contribution in [-0.4, -0.2) is 31.5 Å². The summed E-state index contributed by atoms with van der Waals surface area (Å²) in [5.74, 6) is -0.106. The fourth-order valence-corrected chi connectivity index (χ4v) is 2.53. The van der Waals surface area contributed by atoms with Crippen LogP contribution in [-0.2, 0) is 6.42 Å². The van der Waals surface area contributed by atoms with Crippen molar-refractivity contribution in [3.8, 4) is 11.4 Å². The fraction of sp³-hybridized carbons (Fsp3) is 0.294. The van der Waals surface area contributed by atoms with Crippen molar-refractivity contribution >= 4 is 11.6 Å². The number of aromatic nitrogens is 4. The first kappa shape index (κ1) is 13.9. The summed E-state index contributed by atoms with van der Waals surface area (Å²) in [6.07, 6.45) is 4.63. The summed E-state index contributed by atoms with van der Waals surface area (Å²) >= 11 is 0. The summed E-state index contributed by atoms with van der Waals surface area (Å²) in [7, 11) is 0. The van der Waals surface area contributed by atoms with Crippen LogP contribution in [0.1, 0.15) is 35.9 Å². The predicted octanol–water partition coefficient (Wildman–Crippen LogP) is 2.25. The molecule has 0 saturated heterocycles. The van der Waals surface area contributed by atoms with Crippen molar-refractivity contribution in [1.82, 2.24) is 24.9 Å². The zero-order valence-corrected chi connectivity index (χ0v) is 12.9. The van der Waals surface area contributed by atoms with Crippen LogP contribution < -0.4 is 5.32 Å². The summed E-state index contributed by atoms with van der Waals surface area (Å²) in [5, 5.41) is 7.57. The Morgan fingerprint density at radius 3 is 2.87 bits per heavy atom. The van der Waals surface area contributed by atoms with E-state index in [-0.39, 0.29) is 5.91 Å². The topological polar surface area (TPSA) is 72.2 Å². The van der Waals surface area contributed by atoms with Gasteiger partial charge in [0.1, 0.15) is 11.4 Å². The van der Waals surface area contributed by atoms with Crippen LogP contribution in [0.25, 0.3) is 17.0 Å². The van der Waals surface area contributed by atoms with Crippen LogP contribution in [0.4, 0.5) is 0 Å². The Kier molecular flexibility index (Phi) is 3.29. The van der Waals surface area contributed by atoms with E-state index in [2.05, 4.69) is 20.4 Å². The van der Waals surface area contributed by atoms with Gasteiger partial charge in [-0.15, -0.1) is 0 Å². The molecule has 0 unspecified atom stereocenters. The lowest BCUT2D eigenvalue weighted by molar-refractivity contribution is 0.0946. The molecule has 1 saturated carbocycles. The van der Waals surface area contributed by atoms with Crippen LogP contribution in [0.5, 0.6) is 0 Å². The first-order valence-electron chi connectivity index (χ1n) is 7.86. The lowest BCUT2D eigenvalue weighted by Crippen LogP contribution is -2.26. The first-order valence-corrected chi connectivity index (χ1v) is 7.86. The van der Waals surface area contributed by atoms with Gasteiger partial charge < -0.3 is 5.32 Å². The molecule has 1 aliphatic carbocycles. The summed E-state index contributed by atoms with van der Waals surface area (Å²) < 4.78 is 1.79. The van der Waals surface area contributed by atoms with Gasteiger partial charge in [-0.2, -0.15) is 5.10 Å². The van der Waals surface area contributed by atoms with E-state index in [9.17, 15) is 4.79 Å². The van der Waals surface area contributed by atoms with Gasteiger partial charge in [0.15, 0.2) is 5.65 Å². The number of hydrogen-bond acceptors (Lipinski definition) is 4. The van der Waals surface area contributed by atoms with Gasteiger partial charge >= 0.3 is 0 Å². The molecule has 6 nitrogen and oxygen atoms in total. The van der Waals surface area contributed by atoms with Gasteiger partial charge in [-0.05, 0) is 37.5 Å². The highest BCUT2D eigenvalue weighted by molar-refractivity contribution is 5.93. The number of carbonyl (C=O) groups is 1. The van der Waals surface area contributed by atoms with Crippen molar-refractivity contribution in [2.24, 2.45) is 0 Å². The third-order valence-electron chi connectivity index (χ3n) is 3.94. The predicted molar refractivity (Wildman–Crippen MR) is 86.1 cm³/mol. The molecule has 4 rings (SSSR count). The SMILES string of the molecule is CCc1cc(C(=O)NC2CC2)nc2cc(-c3ccccn3)nn12. The van der Waals surface area contributed by atoms with Crippen LogP contribution in [0.3, 0.4) is 0 Å². The fourth-order valence-electron chi connectivity index (χ4n) is 2.53. The van der Waals surface area contributed by atoms with E-state index in [1.807, 2.05) is 37.3 Å². The van der Waals surface area contributed by atoms with Crippen LogP contribution in [0.2, 0.25) is 0 Å². The number of aryl methyl sites for hydroxylation is 1. The van der Waals surface area contributed by atoms with Crippen molar-refractivity contribution in [2.45, 2.75) is 32.2 Å². The number of nitrogens with zero attached hydrogens (tertiary/aromatic N) is 4. The molecule has 3 aromatic heterocycles. The highest BCUT2D eigenvalue weighted by Crippen LogP contribution is 2.21. The second-order valence-corrected chi connectivity index (χ2v) is 5.75. The summed E-state index contributed by atoms with van der Waals surface area (Å²) in [6, 6.07) is 9.72. The monoisotopic (exact) mass is 307 g/mol. The molecule has 6 heteroatoms. The third kappa shape index (κ3) is 2.67. The summed E-state index contributed by atoms with van der Waals surface area (Å²) in [5.41, 5.74) is 3.63. The van der Waals surface area contributed by atoms with Gasteiger partial charge in [0.25, 0.3) is 5.91 Å². The molecule has 0 radical (unpaired) electrons. The maximum absolute atomic E-state index is 12.3. The van der Waals surface area contributed by atoms with Gasteiger partial charge in [-0.25, -0.2) is 9.50 Å². The minimum Gasteiger partial charge on any atom is -0.348 e. The highest BCUT2D eigenvalue weighted by Gasteiger charge is 2.25. The minimum atomic E-state index is -0.106. The maximum atomic E-state index is 12.3. The lowest BCUT2D eigenvalue weighted by atomic mass is 10.2. The number of hydrogen-bond donors (Lipinski definition) is 1. The molecular formula is C17H17N5O. The molecule has 3 heterocycles. The Morgan fingerprint density at radius 1 is 1.30 bits per heavy atom. The van der Waals surface area contributed by atoms with Crippen molar-refractivity contribution < 1.29 is 4.79 Å². The minimum absolute atomic E-state index is 0.106. The third-order valence-corrected chi connectivity index (χ3v) is 3.94. The molecule has 0 aromatic carbocycles. The van der Waals surface area contributed by atoms with Crippen molar-refractivity contribution in [3.05, 3.63) is 47.9 Å². The second kappa shape index (κ2) is 5.46. The number of amides is 1. The molecule has 0 bridgehead atoms. The molecule has 23 heavy (non-hydrogen) atoms. The van der Waals surface area contributed by atoms with Gasteiger partial charge in [0.2, 0.25) is 0 Å². The smallest absolute Gasteiger partial charge is 0.270 e. The molecule has 0 aliphatic heterocycles. The van der Waals surface area contributed by atoms with Gasteiger partial charge in [-0.3, -0.25) is 9.78 Å². The van der Waals surface area contributed by atoms with Crippen LogP contribution in [0, 0.1) is 0 Å². The van der Waals surface area contributed by atoms with Gasteiger partial charge in [0.05, 0.1) is 5.69 Å². The van der Waals surface area contributed by atoms with E-state index in [0.717, 1.165) is 36.3 Å². The normalized spacial score (nSPS) is 14.1. The molecule has 1 amide bonds. The van der Waals surface area contributed by atoms with E-state index in [4.69, 9.17) is 0 Å². The van der Waals surface area contributed by atoms with E-state index in [1.54, 1.807) is 10.7 Å². The molecule has 1 N–H and O–H groups in total. The average molecular weight is 307 g/mol. The molecule has 3 aromatic rings. The van der Waals surface area contributed by atoms with Gasteiger partial charge in [0, 0.05) is 24.0 Å². The number of nitrogens with one attached hydrogen (secondary N) is 1. The van der Waals surface area contributed by atoms with Crippen molar-refractivity contribution in [3.63, 3.8) is 0 Å². The lowest BCUT2D eigenvalue weighted by Gasteiger charge is -2.06. The van der Waals surface area contributed by atoms with E-state index in [1.165, 1.54) is 0 Å². The number of carbonyl (C=O) groups excluding carboxylic acids is 1. The van der Waals surface area contributed by atoms with E-state index >= 15 is 0 Å². The molecular weight excluding hydrogens is 290 g/mol. The van der Waals surface area contributed by atoms with Crippen molar-refractivity contribution in [1.29, 1.82) is 0 Å². The largest absolute Gasteiger partial charge is 0.348 e. The number of pyridine rings is 1. The molecule has 1 fully saturated rings. The van der Waals surface area contributed by atoms with Crippen molar-refractivity contribution in [2.75, 3.05) is 0 Å². The Balaban J connectivity index is 1.78. The van der Waals surface area contributed by atoms with Gasteiger partial charge in [-0.1, -0.05) is 13.0 Å². The Hall–Kier alpha value is -2.76. The van der Waals surface area contributed by atoms with E-state index < -0.39 is 0 Å². The Morgan fingerprint density at radius 2 is 2.17 bits per heavy atom. The maximum Gasteiger partial charge on any atom is 0.270 e. The second-order valence-electron chi connectivity index (χ2n) is 5.75. The van der Waals surface area contributed by atoms with E-state index in [0.29, 0.717) is 17.4 Å². The Labute approximate surface area is 133 Å². The standard InChI is InChI=1S/C17H17N5O/c1-2-12-9-15(17(23)19-11-6-7-11)20-16-10-14(21-22(12)16)13-5-3-4-8-18-13/h3-5,8-11H,2,6-7H2,1H3,(H,19,23). The number of fused-ring (bicyclic) bond motifs is 1. The molecule has 116 valence electrons. The Bertz CT molecular complexity index is 867. The highest BCUT2D eigenvalue weighted by atomic mass is 16.2. The summed E-state index contributed by atoms with van der Waals surface area (Å²) in [4.78, 5) is 21.1. The zero-order valence-electron chi connectivity index (χ0n) is 12.9.